The third-order valence-corrected chi connectivity index (χ3v) is 8.42. The third-order valence-electron chi connectivity index (χ3n) is 5.53. The van der Waals surface area contributed by atoms with Gasteiger partial charge in [0.15, 0.2) is 4.80 Å². The molecule has 7 nitrogen and oxygen atoms in total. The molecule has 170 valence electrons. The summed E-state index contributed by atoms with van der Waals surface area (Å²) in [5, 5.41) is 0. The number of carbonyl (C=O) groups is 1. The summed E-state index contributed by atoms with van der Waals surface area (Å²) in [4.78, 5) is 18.0. The number of nitrogens with zero attached hydrogens (tertiary/aromatic N) is 3. The fraction of sp³-hybridized carbons (Fsp3) is 0.391. The maximum atomic E-state index is 12.9. The summed E-state index contributed by atoms with van der Waals surface area (Å²) in [6.07, 6.45) is 2.68. The molecule has 4 rings (SSSR count). The van der Waals surface area contributed by atoms with Crippen LogP contribution in [0.1, 0.15) is 36.5 Å². The third kappa shape index (κ3) is 4.71. The number of rotatable bonds is 7. The smallest absolute Gasteiger partial charge is 0.279 e. The highest BCUT2D eigenvalue weighted by Gasteiger charge is 2.26. The van der Waals surface area contributed by atoms with Crippen molar-refractivity contribution in [3.8, 4) is 0 Å². The van der Waals surface area contributed by atoms with Crippen LogP contribution < -0.4 is 4.80 Å². The summed E-state index contributed by atoms with van der Waals surface area (Å²) in [5.41, 5.74) is 1.41. The number of fused-ring (bicyclic) bond motifs is 1. The van der Waals surface area contributed by atoms with Crippen LogP contribution in [0.5, 0.6) is 0 Å². The monoisotopic (exact) mass is 473 g/mol. The second kappa shape index (κ2) is 9.66. The number of hydrogen-bond donors (Lipinski definition) is 0. The Balaban J connectivity index is 1.57. The van der Waals surface area contributed by atoms with Crippen molar-refractivity contribution in [3.05, 3.63) is 58.9 Å². The minimum Gasteiger partial charge on any atom is -0.377 e. The Labute approximate surface area is 192 Å². The quantitative estimate of drug-likeness (QED) is 0.525. The lowest BCUT2D eigenvalue weighted by atomic mass is 10.2. The highest BCUT2D eigenvalue weighted by atomic mass is 32.2. The number of likely N-dealkylation sites (N-methyl/N-ethyl adjacent to an activating group) is 1. The van der Waals surface area contributed by atoms with Crippen LogP contribution in [0.2, 0.25) is 0 Å². The van der Waals surface area contributed by atoms with Crippen LogP contribution >= 0.6 is 11.3 Å². The topological polar surface area (TPSA) is 81.0 Å². The zero-order valence-electron chi connectivity index (χ0n) is 18.2. The first kappa shape index (κ1) is 22.8. The zero-order chi connectivity index (χ0) is 22.7. The molecule has 2 aromatic carbocycles. The van der Waals surface area contributed by atoms with E-state index in [1.54, 1.807) is 7.05 Å². The van der Waals surface area contributed by atoms with Gasteiger partial charge in [0.2, 0.25) is 10.0 Å². The Bertz CT molecular complexity index is 1270. The van der Waals surface area contributed by atoms with Crippen molar-refractivity contribution >= 4 is 37.5 Å². The summed E-state index contributed by atoms with van der Waals surface area (Å²) in [6, 6.07) is 14.0. The number of ether oxygens (including phenoxy) is 1. The number of aromatic nitrogens is 1. The van der Waals surface area contributed by atoms with Gasteiger partial charge in [0.1, 0.15) is 0 Å². The number of sulfonamides is 1. The molecule has 1 fully saturated rings. The maximum absolute atomic E-state index is 12.9. The SMILES string of the molecule is CCCn1c(=NC(=O)c2ccc(S(=O)(=O)N(C)CC3CCCO3)cc2)sc2ccccc21. The molecule has 2 heterocycles. The van der Waals surface area contributed by atoms with Gasteiger partial charge in [0, 0.05) is 32.3 Å². The molecule has 0 spiro atoms. The Hall–Kier alpha value is -2.33. The van der Waals surface area contributed by atoms with Crippen molar-refractivity contribution in [2.45, 2.75) is 43.7 Å². The lowest BCUT2D eigenvalue weighted by Gasteiger charge is -2.20. The normalized spacial score (nSPS) is 17.5. The van der Waals surface area contributed by atoms with E-state index in [-0.39, 0.29) is 11.0 Å². The first-order valence-electron chi connectivity index (χ1n) is 10.8. The number of amides is 1. The summed E-state index contributed by atoms with van der Waals surface area (Å²) < 4.78 is 35.7. The van der Waals surface area contributed by atoms with Gasteiger partial charge in [-0.05, 0) is 55.7 Å². The van der Waals surface area contributed by atoms with Crippen LogP contribution in [-0.2, 0) is 21.3 Å². The number of carbonyl (C=O) groups excluding carboxylic acids is 1. The van der Waals surface area contributed by atoms with Gasteiger partial charge < -0.3 is 9.30 Å². The van der Waals surface area contributed by atoms with Crippen molar-refractivity contribution in [1.82, 2.24) is 8.87 Å². The van der Waals surface area contributed by atoms with Crippen LogP contribution in [-0.4, -0.2) is 49.5 Å². The van der Waals surface area contributed by atoms with Crippen molar-refractivity contribution < 1.29 is 17.9 Å². The summed E-state index contributed by atoms with van der Waals surface area (Å²) in [6.45, 7) is 3.85. The predicted molar refractivity (Wildman–Crippen MR) is 125 cm³/mol. The minimum absolute atomic E-state index is 0.0643. The van der Waals surface area contributed by atoms with E-state index in [1.807, 2.05) is 24.3 Å². The molecular weight excluding hydrogens is 446 g/mol. The van der Waals surface area contributed by atoms with E-state index in [0.717, 1.165) is 36.0 Å². The Morgan fingerprint density at radius 1 is 1.22 bits per heavy atom. The van der Waals surface area contributed by atoms with E-state index in [1.165, 1.54) is 39.9 Å². The lowest BCUT2D eigenvalue weighted by Crippen LogP contribution is -2.34. The van der Waals surface area contributed by atoms with E-state index in [0.29, 0.717) is 23.5 Å². The fourth-order valence-corrected chi connectivity index (χ4v) is 6.08. The predicted octanol–water partition coefficient (Wildman–Crippen LogP) is 3.65. The maximum Gasteiger partial charge on any atom is 0.279 e. The first-order chi connectivity index (χ1) is 15.4. The minimum atomic E-state index is -3.65. The molecule has 1 unspecified atom stereocenters. The summed E-state index contributed by atoms with van der Waals surface area (Å²) >= 11 is 1.47. The molecule has 32 heavy (non-hydrogen) atoms. The van der Waals surface area contributed by atoms with Gasteiger partial charge >= 0.3 is 0 Å². The first-order valence-corrected chi connectivity index (χ1v) is 13.0. The second-order valence-electron chi connectivity index (χ2n) is 7.87. The molecular formula is C23H27N3O4S2. The van der Waals surface area contributed by atoms with Gasteiger partial charge in [-0.2, -0.15) is 9.30 Å². The number of para-hydroxylation sites is 1. The van der Waals surface area contributed by atoms with Crippen molar-refractivity contribution in [2.24, 2.45) is 4.99 Å². The number of benzene rings is 2. The van der Waals surface area contributed by atoms with E-state index in [2.05, 4.69) is 16.5 Å². The van der Waals surface area contributed by atoms with Crippen LogP contribution in [0.25, 0.3) is 10.2 Å². The van der Waals surface area contributed by atoms with Crippen LogP contribution in [0.4, 0.5) is 0 Å². The molecule has 1 amide bonds. The Morgan fingerprint density at radius 3 is 2.66 bits per heavy atom. The fourth-order valence-electron chi connectivity index (χ4n) is 3.82. The molecule has 1 aliphatic rings. The molecule has 0 radical (unpaired) electrons. The molecule has 1 aromatic heterocycles. The summed E-state index contributed by atoms with van der Waals surface area (Å²) in [7, 11) is -2.09. The highest BCUT2D eigenvalue weighted by molar-refractivity contribution is 7.89. The van der Waals surface area contributed by atoms with Crippen molar-refractivity contribution in [3.63, 3.8) is 0 Å². The van der Waals surface area contributed by atoms with Gasteiger partial charge in [-0.3, -0.25) is 4.79 Å². The second-order valence-corrected chi connectivity index (χ2v) is 10.9. The number of hydrogen-bond acceptors (Lipinski definition) is 5. The molecule has 0 saturated carbocycles. The molecule has 1 aliphatic heterocycles. The molecule has 9 heteroatoms. The number of aryl methyl sites for hydroxylation is 1. The molecule has 1 saturated heterocycles. The Morgan fingerprint density at radius 2 is 1.97 bits per heavy atom. The summed E-state index contributed by atoms with van der Waals surface area (Å²) in [5.74, 6) is -0.391. The average molecular weight is 474 g/mol. The van der Waals surface area contributed by atoms with Gasteiger partial charge in [-0.25, -0.2) is 8.42 Å². The van der Waals surface area contributed by atoms with Crippen LogP contribution in [0.15, 0.2) is 58.4 Å². The molecule has 0 N–H and O–H groups in total. The van der Waals surface area contributed by atoms with E-state index >= 15 is 0 Å². The van der Waals surface area contributed by atoms with E-state index in [9.17, 15) is 13.2 Å². The lowest BCUT2D eigenvalue weighted by molar-refractivity contribution is 0.0979. The van der Waals surface area contributed by atoms with Gasteiger partial charge in [0.25, 0.3) is 5.91 Å². The largest absolute Gasteiger partial charge is 0.377 e. The van der Waals surface area contributed by atoms with Gasteiger partial charge in [0.05, 0.1) is 21.2 Å². The van der Waals surface area contributed by atoms with Gasteiger partial charge in [-0.15, -0.1) is 0 Å². The molecule has 0 aliphatic carbocycles. The molecule has 3 aromatic rings. The van der Waals surface area contributed by atoms with Crippen LogP contribution in [0.3, 0.4) is 0 Å². The van der Waals surface area contributed by atoms with Crippen molar-refractivity contribution in [2.75, 3.05) is 20.2 Å². The van der Waals surface area contributed by atoms with E-state index in [4.69, 9.17) is 4.74 Å². The van der Waals surface area contributed by atoms with E-state index < -0.39 is 15.9 Å². The molecule has 1 atom stereocenters. The van der Waals surface area contributed by atoms with Crippen LogP contribution in [0, 0.1) is 0 Å². The van der Waals surface area contributed by atoms with Gasteiger partial charge in [-0.1, -0.05) is 30.4 Å². The molecule has 0 bridgehead atoms. The highest BCUT2D eigenvalue weighted by Crippen LogP contribution is 2.20. The standard InChI is InChI=1S/C23H27N3O4S2/c1-3-14-26-20-8-4-5-9-21(20)31-23(26)24-22(27)17-10-12-19(13-11-17)32(28,29)25(2)16-18-7-6-15-30-18/h4-5,8-13,18H,3,6-7,14-16H2,1-2H3. The zero-order valence-corrected chi connectivity index (χ0v) is 19.9. The Kier molecular flexibility index (Phi) is 6.90. The average Bonchev–Trinajstić information content (AvgIpc) is 3.42. The van der Waals surface area contributed by atoms with Crippen molar-refractivity contribution in [1.29, 1.82) is 0 Å². The number of thiazole rings is 1.